The molecule has 1 aliphatic heterocycles. The molecule has 28 heavy (non-hydrogen) atoms. The van der Waals surface area contributed by atoms with Crippen LogP contribution in [-0.2, 0) is 37.2 Å². The van der Waals surface area contributed by atoms with Crippen molar-refractivity contribution in [2.24, 2.45) is 0 Å². The van der Waals surface area contributed by atoms with Crippen molar-refractivity contribution in [1.29, 1.82) is 0 Å². The van der Waals surface area contributed by atoms with E-state index in [0.29, 0.717) is 79.0 Å². The third-order valence-electron chi connectivity index (χ3n) is 4.50. The fraction of sp³-hybridized carbons (Fsp3) is 1.00. The molecule has 1 heterocycles. The van der Waals surface area contributed by atoms with Crippen LogP contribution in [0.25, 0.3) is 0 Å². The second-order valence-corrected chi connectivity index (χ2v) is 8.99. The number of ether oxygens (including phenoxy) is 4. The first-order valence-corrected chi connectivity index (χ1v) is 12.0. The van der Waals surface area contributed by atoms with E-state index in [1.165, 1.54) is 0 Å². The van der Waals surface area contributed by atoms with E-state index in [1.54, 1.807) is 23.6 Å². The van der Waals surface area contributed by atoms with Gasteiger partial charge in [0.05, 0.1) is 52.9 Å². The van der Waals surface area contributed by atoms with Crippen LogP contribution >= 0.6 is 15.4 Å². The van der Waals surface area contributed by atoms with E-state index in [2.05, 4.69) is 0 Å². The standard InChI is InChI=1S/C16H32N2O8P2/c1-15(27(19)20)17-3-7-23-11-13-25-9-5-18(16(2)28(21)22)6-10-26-14-12-24-8-4-17/h15-16H,3-14H2,1-2H3. The summed E-state index contributed by atoms with van der Waals surface area (Å²) in [4.78, 5) is 3.61. The van der Waals surface area contributed by atoms with E-state index in [9.17, 15) is 18.3 Å². The summed E-state index contributed by atoms with van der Waals surface area (Å²) in [7, 11) is -5.11. The zero-order valence-corrected chi connectivity index (χ0v) is 18.5. The molecule has 0 N–H and O–H groups in total. The number of rotatable bonds is 4. The van der Waals surface area contributed by atoms with E-state index in [-0.39, 0.29) is 0 Å². The van der Waals surface area contributed by atoms with Crippen LogP contribution in [0.15, 0.2) is 0 Å². The Morgan fingerprint density at radius 2 is 0.786 bits per heavy atom. The molecule has 0 aromatic carbocycles. The third kappa shape index (κ3) is 10.9. The smallest absolute Gasteiger partial charge is 0.333 e. The molecule has 10 nitrogen and oxygen atoms in total. The Bertz CT molecular complexity index is 475. The van der Waals surface area contributed by atoms with Crippen molar-refractivity contribution < 1.29 is 37.2 Å². The van der Waals surface area contributed by atoms with Gasteiger partial charge in [-0.3, -0.25) is 9.80 Å². The molecule has 1 rings (SSSR count). The van der Waals surface area contributed by atoms with Gasteiger partial charge in [0, 0.05) is 26.2 Å². The maximum Gasteiger partial charge on any atom is 0.333 e. The van der Waals surface area contributed by atoms with Crippen LogP contribution in [0.4, 0.5) is 0 Å². The average molecular weight is 442 g/mol. The van der Waals surface area contributed by atoms with E-state index in [1.807, 2.05) is 0 Å². The Hall–Kier alpha value is -0.440. The summed E-state index contributed by atoms with van der Waals surface area (Å²) < 4.78 is 67.2. The molecule has 0 aromatic heterocycles. The molecular formula is C16H32N2O8P2. The van der Waals surface area contributed by atoms with Crippen LogP contribution in [0.3, 0.4) is 0 Å². The molecule has 0 radical (unpaired) electrons. The fourth-order valence-electron chi connectivity index (χ4n) is 2.61. The molecule has 2 unspecified atom stereocenters. The Labute approximate surface area is 167 Å². The highest BCUT2D eigenvalue weighted by Crippen LogP contribution is 2.18. The van der Waals surface area contributed by atoms with Gasteiger partial charge in [0.15, 0.2) is 0 Å². The van der Waals surface area contributed by atoms with Crippen molar-refractivity contribution in [2.75, 3.05) is 79.0 Å². The molecule has 0 saturated carbocycles. The van der Waals surface area contributed by atoms with Gasteiger partial charge in [-0.1, -0.05) is 0 Å². The summed E-state index contributed by atoms with van der Waals surface area (Å²) in [6.07, 6.45) is 0. The van der Waals surface area contributed by atoms with Crippen molar-refractivity contribution in [1.82, 2.24) is 9.80 Å². The minimum absolute atomic E-state index is 0.386. The van der Waals surface area contributed by atoms with Crippen LogP contribution < -0.4 is 0 Å². The van der Waals surface area contributed by atoms with Gasteiger partial charge in [-0.05, 0) is 13.8 Å². The van der Waals surface area contributed by atoms with Crippen molar-refractivity contribution in [3.05, 3.63) is 0 Å². The summed E-state index contributed by atoms with van der Waals surface area (Å²) >= 11 is 0. The monoisotopic (exact) mass is 442 g/mol. The topological polar surface area (TPSA) is 112 Å². The normalized spacial score (nSPS) is 23.2. The molecule has 164 valence electrons. The predicted molar refractivity (Wildman–Crippen MR) is 102 cm³/mol. The maximum absolute atomic E-state index is 11.3. The molecule has 0 amide bonds. The molecule has 1 saturated heterocycles. The first-order chi connectivity index (χ1) is 13.4. The van der Waals surface area contributed by atoms with Crippen LogP contribution in [0.1, 0.15) is 13.8 Å². The van der Waals surface area contributed by atoms with Gasteiger partial charge < -0.3 is 18.9 Å². The van der Waals surface area contributed by atoms with E-state index < -0.39 is 26.9 Å². The molecule has 0 bridgehead atoms. The van der Waals surface area contributed by atoms with Gasteiger partial charge >= 0.3 is 15.4 Å². The summed E-state index contributed by atoms with van der Waals surface area (Å²) in [6.45, 7) is 8.30. The molecule has 0 aromatic rings. The minimum Gasteiger partial charge on any atom is -0.378 e. The highest BCUT2D eigenvalue weighted by Gasteiger charge is 2.19. The second kappa shape index (κ2) is 15.4. The lowest BCUT2D eigenvalue weighted by Crippen LogP contribution is -2.37. The van der Waals surface area contributed by atoms with Crippen molar-refractivity contribution >= 4 is 15.4 Å². The van der Waals surface area contributed by atoms with Gasteiger partial charge in [-0.25, -0.2) is 18.3 Å². The molecular weight excluding hydrogens is 410 g/mol. The lowest BCUT2D eigenvalue weighted by Gasteiger charge is -2.25. The summed E-state index contributed by atoms with van der Waals surface area (Å²) in [5.41, 5.74) is 0. The first-order valence-electron chi connectivity index (χ1n) is 9.49. The second-order valence-electron chi connectivity index (χ2n) is 6.36. The van der Waals surface area contributed by atoms with Crippen molar-refractivity contribution in [3.63, 3.8) is 0 Å². The zero-order valence-electron chi connectivity index (χ0n) is 16.7. The maximum atomic E-state index is 11.3. The van der Waals surface area contributed by atoms with Gasteiger partial charge in [-0.15, -0.1) is 0 Å². The van der Waals surface area contributed by atoms with Gasteiger partial charge in [0.25, 0.3) is 0 Å². The third-order valence-corrected chi connectivity index (χ3v) is 6.38. The lowest BCUT2D eigenvalue weighted by molar-refractivity contribution is 0.00595. The van der Waals surface area contributed by atoms with Crippen LogP contribution in [0, 0.1) is 0 Å². The largest absolute Gasteiger partial charge is 0.378 e. The SMILES string of the molecule is CC(N1CCOCCOCCN(C(C)P(=O)=O)CCOCCOCC1)P(=O)=O. The van der Waals surface area contributed by atoms with Gasteiger partial charge in [0.1, 0.15) is 11.6 Å². The van der Waals surface area contributed by atoms with E-state index in [4.69, 9.17) is 18.9 Å². The molecule has 1 fully saturated rings. The molecule has 1 aliphatic rings. The fourth-order valence-corrected chi connectivity index (χ4v) is 3.60. The number of hydrogen-bond acceptors (Lipinski definition) is 10. The molecule has 12 heteroatoms. The highest BCUT2D eigenvalue weighted by atomic mass is 31.1. The van der Waals surface area contributed by atoms with Crippen molar-refractivity contribution in [3.8, 4) is 0 Å². The molecule has 2 atom stereocenters. The zero-order chi connectivity index (χ0) is 20.8. The van der Waals surface area contributed by atoms with Gasteiger partial charge in [-0.2, -0.15) is 0 Å². The lowest BCUT2D eigenvalue weighted by atomic mass is 10.4. The van der Waals surface area contributed by atoms with Gasteiger partial charge in [0.2, 0.25) is 0 Å². The van der Waals surface area contributed by atoms with E-state index in [0.717, 1.165) is 0 Å². The van der Waals surface area contributed by atoms with Crippen LogP contribution in [0.5, 0.6) is 0 Å². The van der Waals surface area contributed by atoms with Crippen LogP contribution in [-0.4, -0.2) is 100 Å². The van der Waals surface area contributed by atoms with Crippen molar-refractivity contribution in [2.45, 2.75) is 25.4 Å². The number of nitrogens with zero attached hydrogens (tertiary/aromatic N) is 2. The molecule has 0 spiro atoms. The Morgan fingerprint density at radius 3 is 1.00 bits per heavy atom. The van der Waals surface area contributed by atoms with E-state index >= 15 is 0 Å². The minimum atomic E-state index is -2.55. The Balaban J connectivity index is 2.52. The Kier molecular flexibility index (Phi) is 14.1. The summed E-state index contributed by atoms with van der Waals surface area (Å²) in [5.74, 6) is -1.17. The highest BCUT2D eigenvalue weighted by molar-refractivity contribution is 7.31. The number of hydrogen-bond donors (Lipinski definition) is 0. The predicted octanol–water partition coefficient (Wildman–Crippen LogP) is 1.71. The summed E-state index contributed by atoms with van der Waals surface area (Å²) in [6, 6.07) is 0. The van der Waals surface area contributed by atoms with Crippen LogP contribution in [0.2, 0.25) is 0 Å². The average Bonchev–Trinajstić information content (AvgIpc) is 2.66. The Morgan fingerprint density at radius 1 is 0.536 bits per heavy atom. The quantitative estimate of drug-likeness (QED) is 0.597. The first kappa shape index (κ1) is 25.6. The summed E-state index contributed by atoms with van der Waals surface area (Å²) in [5, 5.41) is 0. The molecule has 0 aliphatic carbocycles.